The van der Waals surface area contributed by atoms with Crippen molar-refractivity contribution in [2.75, 3.05) is 18.5 Å². The van der Waals surface area contributed by atoms with Gasteiger partial charge < -0.3 is 14.8 Å². The minimum absolute atomic E-state index is 0.198. The third-order valence-corrected chi connectivity index (χ3v) is 3.95. The molecule has 0 heterocycles. The van der Waals surface area contributed by atoms with Gasteiger partial charge in [-0.25, -0.2) is 0 Å². The van der Waals surface area contributed by atoms with Crippen molar-refractivity contribution in [2.24, 2.45) is 10.2 Å². The van der Waals surface area contributed by atoms with Crippen molar-refractivity contribution >= 4 is 29.3 Å². The molecule has 0 saturated carbocycles. The Balaban J connectivity index is 1.55. The Morgan fingerprint density at radius 3 is 2.27 bits per heavy atom. The zero-order chi connectivity index (χ0) is 21.2. The Kier molecular flexibility index (Phi) is 7.27. The SMILES string of the molecule is CCOc1cc(C=O)ccc1OCC(=O)Nc1ccc(N=Nc2ccccc2)cc1. The molecule has 0 radical (unpaired) electrons. The molecular weight excluding hydrogens is 382 g/mol. The fraction of sp³-hybridized carbons (Fsp3) is 0.130. The number of hydrogen-bond donors (Lipinski definition) is 1. The first-order valence-corrected chi connectivity index (χ1v) is 9.39. The summed E-state index contributed by atoms with van der Waals surface area (Å²) in [6.07, 6.45) is 0.724. The number of rotatable bonds is 9. The van der Waals surface area contributed by atoms with Crippen LogP contribution in [0.4, 0.5) is 17.1 Å². The zero-order valence-corrected chi connectivity index (χ0v) is 16.4. The summed E-state index contributed by atoms with van der Waals surface area (Å²) < 4.78 is 11.0. The van der Waals surface area contributed by atoms with Crippen molar-refractivity contribution in [1.29, 1.82) is 0 Å². The lowest BCUT2D eigenvalue weighted by Gasteiger charge is -2.12. The van der Waals surface area contributed by atoms with E-state index in [1.54, 1.807) is 42.5 Å². The van der Waals surface area contributed by atoms with Gasteiger partial charge in [0.05, 0.1) is 18.0 Å². The second kappa shape index (κ2) is 10.5. The average Bonchev–Trinajstić information content (AvgIpc) is 2.78. The van der Waals surface area contributed by atoms with Gasteiger partial charge in [-0.2, -0.15) is 10.2 Å². The first-order chi connectivity index (χ1) is 14.7. The van der Waals surface area contributed by atoms with E-state index < -0.39 is 0 Å². The molecule has 1 N–H and O–H groups in total. The number of hydrogen-bond acceptors (Lipinski definition) is 6. The fourth-order valence-corrected chi connectivity index (χ4v) is 2.55. The molecule has 3 rings (SSSR count). The minimum atomic E-state index is -0.324. The molecule has 152 valence electrons. The van der Waals surface area contributed by atoms with E-state index in [9.17, 15) is 9.59 Å². The van der Waals surface area contributed by atoms with Gasteiger partial charge in [-0.1, -0.05) is 18.2 Å². The standard InChI is InChI=1S/C23H21N3O4/c1-2-29-22-14-17(15-27)8-13-21(22)30-16-23(28)24-18-9-11-20(12-10-18)26-25-19-6-4-3-5-7-19/h3-15H,2,16H2,1H3,(H,24,28). The van der Waals surface area contributed by atoms with Crippen LogP contribution in [0, 0.1) is 0 Å². The highest BCUT2D eigenvalue weighted by Gasteiger charge is 2.09. The number of benzene rings is 3. The molecule has 0 aliphatic rings. The van der Waals surface area contributed by atoms with E-state index in [0.717, 1.165) is 12.0 Å². The lowest BCUT2D eigenvalue weighted by atomic mass is 10.2. The Morgan fingerprint density at radius 2 is 1.60 bits per heavy atom. The van der Waals surface area contributed by atoms with Crippen LogP contribution >= 0.6 is 0 Å². The summed E-state index contributed by atoms with van der Waals surface area (Å²) >= 11 is 0. The number of azo groups is 1. The van der Waals surface area contributed by atoms with E-state index in [1.807, 2.05) is 37.3 Å². The molecule has 3 aromatic rings. The molecule has 0 aliphatic heterocycles. The number of amides is 1. The molecule has 0 bridgehead atoms. The number of aldehydes is 1. The zero-order valence-electron chi connectivity index (χ0n) is 16.4. The minimum Gasteiger partial charge on any atom is -0.490 e. The van der Waals surface area contributed by atoms with Crippen molar-refractivity contribution < 1.29 is 19.1 Å². The highest BCUT2D eigenvalue weighted by atomic mass is 16.5. The average molecular weight is 403 g/mol. The molecule has 0 unspecified atom stereocenters. The van der Waals surface area contributed by atoms with Gasteiger partial charge in [-0.05, 0) is 61.5 Å². The summed E-state index contributed by atoms with van der Waals surface area (Å²) in [5.74, 6) is 0.493. The third-order valence-electron chi connectivity index (χ3n) is 3.95. The molecule has 0 aromatic heterocycles. The Labute approximate surface area is 174 Å². The Morgan fingerprint density at radius 1 is 0.900 bits per heavy atom. The smallest absolute Gasteiger partial charge is 0.262 e. The second-order valence-corrected chi connectivity index (χ2v) is 6.18. The highest BCUT2D eigenvalue weighted by Crippen LogP contribution is 2.28. The van der Waals surface area contributed by atoms with Gasteiger partial charge in [0, 0.05) is 11.3 Å². The third kappa shape index (κ3) is 6.00. The molecule has 7 heteroatoms. The molecule has 0 saturated heterocycles. The predicted octanol–water partition coefficient (Wildman–Crippen LogP) is 5.33. The molecule has 3 aromatic carbocycles. The van der Waals surface area contributed by atoms with Crippen molar-refractivity contribution in [3.63, 3.8) is 0 Å². The highest BCUT2D eigenvalue weighted by molar-refractivity contribution is 5.92. The van der Waals surface area contributed by atoms with E-state index >= 15 is 0 Å². The molecule has 0 aliphatic carbocycles. The fourth-order valence-electron chi connectivity index (χ4n) is 2.55. The number of anilines is 1. The van der Waals surface area contributed by atoms with E-state index in [1.165, 1.54) is 0 Å². The largest absolute Gasteiger partial charge is 0.490 e. The van der Waals surface area contributed by atoms with Crippen molar-refractivity contribution in [3.05, 3.63) is 78.4 Å². The first kappa shape index (κ1) is 20.7. The van der Waals surface area contributed by atoms with Gasteiger partial charge in [0.2, 0.25) is 0 Å². The van der Waals surface area contributed by atoms with Gasteiger partial charge >= 0.3 is 0 Å². The maximum Gasteiger partial charge on any atom is 0.262 e. The predicted molar refractivity (Wildman–Crippen MR) is 114 cm³/mol. The van der Waals surface area contributed by atoms with Gasteiger partial charge in [0.15, 0.2) is 18.1 Å². The second-order valence-electron chi connectivity index (χ2n) is 6.18. The lowest BCUT2D eigenvalue weighted by Crippen LogP contribution is -2.20. The topological polar surface area (TPSA) is 89.3 Å². The first-order valence-electron chi connectivity index (χ1n) is 9.39. The van der Waals surface area contributed by atoms with E-state index in [2.05, 4.69) is 15.5 Å². The van der Waals surface area contributed by atoms with Crippen LogP contribution in [0.2, 0.25) is 0 Å². The van der Waals surface area contributed by atoms with Crippen molar-refractivity contribution in [3.8, 4) is 11.5 Å². The molecule has 0 spiro atoms. The van der Waals surface area contributed by atoms with Crippen LogP contribution in [0.25, 0.3) is 0 Å². The summed E-state index contributed by atoms with van der Waals surface area (Å²) in [6, 6.07) is 21.2. The van der Waals surface area contributed by atoms with E-state index in [-0.39, 0.29) is 12.5 Å². The number of carbonyl (C=O) groups excluding carboxylic acids is 2. The quantitative estimate of drug-likeness (QED) is 0.386. The van der Waals surface area contributed by atoms with Crippen molar-refractivity contribution in [1.82, 2.24) is 0 Å². The van der Waals surface area contributed by atoms with E-state index in [4.69, 9.17) is 9.47 Å². The normalized spacial score (nSPS) is 10.6. The number of nitrogens with zero attached hydrogens (tertiary/aromatic N) is 2. The van der Waals surface area contributed by atoms with Gasteiger partial charge in [0.25, 0.3) is 5.91 Å². The van der Waals surface area contributed by atoms with Crippen LogP contribution in [-0.4, -0.2) is 25.4 Å². The van der Waals surface area contributed by atoms with Crippen LogP contribution in [0.5, 0.6) is 11.5 Å². The Bertz CT molecular complexity index is 1020. The molecule has 7 nitrogen and oxygen atoms in total. The molecular formula is C23H21N3O4. The number of ether oxygens (including phenoxy) is 2. The van der Waals surface area contributed by atoms with Gasteiger partial charge in [-0.3, -0.25) is 9.59 Å². The summed E-state index contributed by atoms with van der Waals surface area (Å²) in [5.41, 5.74) is 2.52. The number of carbonyl (C=O) groups is 2. The summed E-state index contributed by atoms with van der Waals surface area (Å²) in [4.78, 5) is 23.1. The Hall–Kier alpha value is -4.00. The molecule has 1 amide bonds. The van der Waals surface area contributed by atoms with E-state index in [0.29, 0.717) is 35.0 Å². The van der Waals surface area contributed by atoms with Crippen LogP contribution in [0.15, 0.2) is 83.0 Å². The monoisotopic (exact) mass is 403 g/mol. The summed E-state index contributed by atoms with van der Waals surface area (Å²) in [7, 11) is 0. The van der Waals surface area contributed by atoms with Crippen LogP contribution in [0.3, 0.4) is 0 Å². The van der Waals surface area contributed by atoms with Crippen molar-refractivity contribution in [2.45, 2.75) is 6.92 Å². The summed E-state index contributed by atoms with van der Waals surface area (Å²) in [5, 5.41) is 11.1. The lowest BCUT2D eigenvalue weighted by molar-refractivity contribution is -0.118. The maximum absolute atomic E-state index is 12.2. The molecule has 0 fully saturated rings. The van der Waals surface area contributed by atoms with Gasteiger partial charge in [0.1, 0.15) is 6.29 Å². The van der Waals surface area contributed by atoms with Crippen LogP contribution in [0.1, 0.15) is 17.3 Å². The molecule has 0 atom stereocenters. The van der Waals surface area contributed by atoms with Crippen LogP contribution in [-0.2, 0) is 4.79 Å². The van der Waals surface area contributed by atoms with Crippen LogP contribution < -0.4 is 14.8 Å². The molecule has 30 heavy (non-hydrogen) atoms. The van der Waals surface area contributed by atoms with Gasteiger partial charge in [-0.15, -0.1) is 0 Å². The maximum atomic E-state index is 12.2. The summed E-state index contributed by atoms with van der Waals surface area (Å²) in [6.45, 7) is 2.04. The number of nitrogens with one attached hydrogen (secondary N) is 1.